The predicted molar refractivity (Wildman–Crippen MR) is 111 cm³/mol. The van der Waals surface area contributed by atoms with Crippen molar-refractivity contribution < 1.29 is 22.7 Å². The molecular weight excluding hydrogens is 426 g/mol. The van der Waals surface area contributed by atoms with Crippen LogP contribution in [-0.2, 0) is 11.2 Å². The van der Waals surface area contributed by atoms with E-state index < -0.39 is 11.6 Å². The lowest BCUT2D eigenvalue weighted by molar-refractivity contribution is -0.134. The Morgan fingerprint density at radius 1 is 1.26 bits per heavy atom. The summed E-state index contributed by atoms with van der Waals surface area (Å²) in [6, 6.07) is 10.5. The molecule has 1 amide bonds. The van der Waals surface area contributed by atoms with E-state index >= 15 is 0 Å². The number of benzene rings is 2. The molecule has 0 bridgehead atoms. The summed E-state index contributed by atoms with van der Waals surface area (Å²) in [5.41, 5.74) is 1.03. The summed E-state index contributed by atoms with van der Waals surface area (Å²) in [7, 11) is 0. The average molecular weight is 447 g/mol. The molecule has 8 heteroatoms. The number of oxazole rings is 1. The van der Waals surface area contributed by atoms with E-state index in [1.807, 2.05) is 24.3 Å². The van der Waals surface area contributed by atoms with Gasteiger partial charge in [-0.05, 0) is 42.7 Å². The van der Waals surface area contributed by atoms with Crippen molar-refractivity contribution >= 4 is 17.5 Å². The van der Waals surface area contributed by atoms with Crippen molar-refractivity contribution in [2.75, 3.05) is 19.7 Å². The van der Waals surface area contributed by atoms with Crippen LogP contribution in [0.3, 0.4) is 0 Å². The van der Waals surface area contributed by atoms with Gasteiger partial charge in [-0.2, -0.15) is 0 Å². The van der Waals surface area contributed by atoms with E-state index in [9.17, 15) is 13.6 Å². The first kappa shape index (κ1) is 21.3. The van der Waals surface area contributed by atoms with Crippen LogP contribution in [0.1, 0.15) is 36.0 Å². The maximum Gasteiger partial charge on any atom is 0.260 e. The Balaban J connectivity index is 1.35. The monoisotopic (exact) mass is 446 g/mol. The SMILES string of the molecule is O=C(COc1ccc(F)cc1F)N1CCCC(c2ncc(Cc3cccc(Cl)c3)o2)C1. The molecule has 4 rings (SSSR count). The molecule has 1 fully saturated rings. The second-order valence-electron chi connectivity index (χ2n) is 7.51. The molecule has 1 atom stereocenters. The van der Waals surface area contributed by atoms with Crippen LogP contribution < -0.4 is 4.74 Å². The van der Waals surface area contributed by atoms with Crippen LogP contribution in [0.4, 0.5) is 8.78 Å². The topological polar surface area (TPSA) is 55.6 Å². The molecule has 2 heterocycles. The quantitative estimate of drug-likeness (QED) is 0.535. The molecule has 0 radical (unpaired) electrons. The van der Waals surface area contributed by atoms with Crippen LogP contribution in [0.15, 0.2) is 53.1 Å². The van der Waals surface area contributed by atoms with Crippen LogP contribution in [0.2, 0.25) is 5.02 Å². The molecule has 5 nitrogen and oxygen atoms in total. The van der Waals surface area contributed by atoms with Crippen molar-refractivity contribution in [3.63, 3.8) is 0 Å². The van der Waals surface area contributed by atoms with E-state index in [-0.39, 0.29) is 24.2 Å². The number of rotatable bonds is 6. The third-order valence-corrected chi connectivity index (χ3v) is 5.44. The van der Waals surface area contributed by atoms with Gasteiger partial charge in [0.1, 0.15) is 11.6 Å². The Bertz CT molecular complexity index is 1070. The molecule has 1 aliphatic heterocycles. The number of carbonyl (C=O) groups is 1. The highest BCUT2D eigenvalue weighted by Crippen LogP contribution is 2.28. The highest BCUT2D eigenvalue weighted by molar-refractivity contribution is 6.30. The number of aromatic nitrogens is 1. The summed E-state index contributed by atoms with van der Waals surface area (Å²) < 4.78 is 37.9. The first-order valence-corrected chi connectivity index (χ1v) is 10.4. The highest BCUT2D eigenvalue weighted by atomic mass is 35.5. The molecule has 1 unspecified atom stereocenters. The van der Waals surface area contributed by atoms with E-state index in [0.717, 1.165) is 36.3 Å². The van der Waals surface area contributed by atoms with Crippen molar-refractivity contribution in [3.8, 4) is 5.75 Å². The van der Waals surface area contributed by atoms with Crippen LogP contribution in [-0.4, -0.2) is 35.5 Å². The maximum absolute atomic E-state index is 13.7. The normalized spacial score (nSPS) is 16.4. The second-order valence-corrected chi connectivity index (χ2v) is 7.95. The summed E-state index contributed by atoms with van der Waals surface area (Å²) in [4.78, 5) is 18.6. The van der Waals surface area contributed by atoms with E-state index in [4.69, 9.17) is 20.8 Å². The number of ether oxygens (including phenoxy) is 1. The molecule has 1 aromatic heterocycles. The van der Waals surface area contributed by atoms with Gasteiger partial charge in [-0.1, -0.05) is 23.7 Å². The molecule has 0 aliphatic carbocycles. The van der Waals surface area contributed by atoms with Gasteiger partial charge in [0.15, 0.2) is 24.1 Å². The largest absolute Gasteiger partial charge is 0.481 e. The van der Waals surface area contributed by atoms with Crippen LogP contribution in [0, 0.1) is 11.6 Å². The minimum Gasteiger partial charge on any atom is -0.481 e. The van der Waals surface area contributed by atoms with E-state index in [0.29, 0.717) is 30.4 Å². The standard InChI is InChI=1S/C23H21ClF2N2O3/c24-17-5-1-3-15(9-17)10-19-12-27-23(31-19)16-4-2-8-28(13-16)22(29)14-30-21-7-6-18(25)11-20(21)26/h1,3,5-7,9,11-12,16H,2,4,8,10,13-14H2. The van der Waals surface area contributed by atoms with Crippen molar-refractivity contribution in [1.29, 1.82) is 0 Å². The molecule has 31 heavy (non-hydrogen) atoms. The fourth-order valence-electron chi connectivity index (χ4n) is 3.67. The molecule has 162 valence electrons. The minimum absolute atomic E-state index is 0.0200. The Morgan fingerprint density at radius 3 is 2.94 bits per heavy atom. The summed E-state index contributed by atoms with van der Waals surface area (Å²) in [6.07, 6.45) is 3.94. The molecule has 1 saturated heterocycles. The Morgan fingerprint density at radius 2 is 2.13 bits per heavy atom. The van der Waals surface area contributed by atoms with Crippen LogP contribution >= 0.6 is 11.6 Å². The number of amides is 1. The van der Waals surface area contributed by atoms with Gasteiger partial charge in [-0.15, -0.1) is 0 Å². The molecule has 0 saturated carbocycles. The van der Waals surface area contributed by atoms with Gasteiger partial charge in [0.05, 0.1) is 12.1 Å². The smallest absolute Gasteiger partial charge is 0.260 e. The lowest BCUT2D eigenvalue weighted by Crippen LogP contribution is -2.41. The lowest BCUT2D eigenvalue weighted by atomic mass is 9.98. The molecule has 0 spiro atoms. The Kier molecular flexibility index (Phi) is 6.51. The highest BCUT2D eigenvalue weighted by Gasteiger charge is 2.28. The van der Waals surface area contributed by atoms with Gasteiger partial charge in [0.25, 0.3) is 5.91 Å². The lowest BCUT2D eigenvalue weighted by Gasteiger charge is -2.31. The number of hydrogen-bond acceptors (Lipinski definition) is 4. The molecule has 1 aliphatic rings. The maximum atomic E-state index is 13.7. The Hall–Kier alpha value is -2.93. The fraction of sp³-hybridized carbons (Fsp3) is 0.304. The molecule has 2 aromatic carbocycles. The van der Waals surface area contributed by atoms with E-state index in [1.54, 1.807) is 11.1 Å². The number of piperidine rings is 1. The zero-order chi connectivity index (χ0) is 21.8. The zero-order valence-electron chi connectivity index (χ0n) is 16.7. The summed E-state index contributed by atoms with van der Waals surface area (Å²) in [5, 5.41) is 0.668. The Labute approximate surface area is 183 Å². The van der Waals surface area contributed by atoms with E-state index in [2.05, 4.69) is 4.98 Å². The second kappa shape index (κ2) is 9.47. The number of hydrogen-bond donors (Lipinski definition) is 0. The van der Waals surface area contributed by atoms with Gasteiger partial charge < -0.3 is 14.1 Å². The van der Waals surface area contributed by atoms with Gasteiger partial charge in [-0.3, -0.25) is 4.79 Å². The number of carbonyl (C=O) groups excluding carboxylic acids is 1. The summed E-state index contributed by atoms with van der Waals surface area (Å²) >= 11 is 6.03. The zero-order valence-corrected chi connectivity index (χ0v) is 17.4. The number of likely N-dealkylation sites (tertiary alicyclic amines) is 1. The van der Waals surface area contributed by atoms with Gasteiger partial charge in [0, 0.05) is 30.6 Å². The summed E-state index contributed by atoms with van der Waals surface area (Å²) in [6.45, 7) is 0.715. The van der Waals surface area contributed by atoms with Gasteiger partial charge in [-0.25, -0.2) is 13.8 Å². The van der Waals surface area contributed by atoms with Gasteiger partial charge in [0.2, 0.25) is 0 Å². The minimum atomic E-state index is -0.837. The average Bonchev–Trinajstić information content (AvgIpc) is 3.21. The van der Waals surface area contributed by atoms with Crippen molar-refractivity contribution in [1.82, 2.24) is 9.88 Å². The number of nitrogens with zero attached hydrogens (tertiary/aromatic N) is 2. The molecule has 0 N–H and O–H groups in total. The van der Waals surface area contributed by atoms with Crippen molar-refractivity contribution in [3.05, 3.63) is 82.5 Å². The molecule has 3 aromatic rings. The predicted octanol–water partition coefficient (Wildman–Crippen LogP) is 4.98. The van der Waals surface area contributed by atoms with Crippen LogP contribution in [0.5, 0.6) is 5.75 Å². The molecular formula is C23H21ClF2N2O3. The first-order valence-electron chi connectivity index (χ1n) is 10.0. The third-order valence-electron chi connectivity index (χ3n) is 5.21. The van der Waals surface area contributed by atoms with E-state index in [1.165, 1.54) is 6.07 Å². The number of halogens is 3. The fourth-order valence-corrected chi connectivity index (χ4v) is 3.88. The summed E-state index contributed by atoms with van der Waals surface area (Å²) in [5.74, 6) is -0.642. The third kappa shape index (κ3) is 5.41. The van der Waals surface area contributed by atoms with Gasteiger partial charge >= 0.3 is 0 Å². The van der Waals surface area contributed by atoms with Crippen molar-refractivity contribution in [2.24, 2.45) is 0 Å². The van der Waals surface area contributed by atoms with Crippen molar-refractivity contribution in [2.45, 2.75) is 25.2 Å². The first-order chi connectivity index (χ1) is 15.0. The van der Waals surface area contributed by atoms with Crippen LogP contribution in [0.25, 0.3) is 0 Å².